The van der Waals surface area contributed by atoms with E-state index in [-0.39, 0.29) is 5.91 Å². The van der Waals surface area contributed by atoms with Gasteiger partial charge in [-0.2, -0.15) is 0 Å². The first-order valence-corrected chi connectivity index (χ1v) is 12.8. The average molecular weight is 525 g/mol. The molecule has 0 bridgehead atoms. The number of halogens is 1. The first-order valence-electron chi connectivity index (χ1n) is 12.4. The van der Waals surface area contributed by atoms with Crippen LogP contribution in [0.2, 0.25) is 5.02 Å². The molecule has 0 spiro atoms. The van der Waals surface area contributed by atoms with E-state index < -0.39 is 0 Å². The summed E-state index contributed by atoms with van der Waals surface area (Å²) >= 11 is 6.20. The molecule has 1 aliphatic rings. The molecular formula is C31H29ClN4O2. The molecule has 0 saturated heterocycles. The van der Waals surface area contributed by atoms with Crippen LogP contribution in [0.4, 0.5) is 11.4 Å². The molecule has 0 unspecified atom stereocenters. The van der Waals surface area contributed by atoms with Gasteiger partial charge < -0.3 is 20.8 Å². The minimum absolute atomic E-state index is 0.0995. The third-order valence-electron chi connectivity index (χ3n) is 6.90. The maximum Gasteiger partial charge on any atom is 0.251 e. The molecule has 0 fully saturated rings. The minimum Gasteiger partial charge on any atom is -0.397 e. The summed E-state index contributed by atoms with van der Waals surface area (Å²) in [6.07, 6.45) is 1.64. The van der Waals surface area contributed by atoms with Crippen molar-refractivity contribution in [2.45, 2.75) is 19.4 Å². The van der Waals surface area contributed by atoms with Gasteiger partial charge in [-0.1, -0.05) is 59.2 Å². The van der Waals surface area contributed by atoms with Gasteiger partial charge >= 0.3 is 0 Å². The van der Waals surface area contributed by atoms with Crippen LogP contribution in [-0.2, 0) is 24.2 Å². The van der Waals surface area contributed by atoms with Gasteiger partial charge in [0.25, 0.3) is 5.91 Å². The lowest BCUT2D eigenvalue weighted by molar-refractivity contribution is 0.0951. The third-order valence-corrected chi connectivity index (χ3v) is 7.13. The van der Waals surface area contributed by atoms with Crippen LogP contribution in [0.25, 0.3) is 0 Å². The van der Waals surface area contributed by atoms with Gasteiger partial charge in [-0.05, 0) is 83.1 Å². The topological polar surface area (TPSA) is 80.0 Å². The Morgan fingerprint density at radius 3 is 2.29 bits per heavy atom. The van der Waals surface area contributed by atoms with Crippen molar-refractivity contribution in [3.8, 4) is 0 Å². The molecule has 192 valence electrons. The van der Waals surface area contributed by atoms with Crippen molar-refractivity contribution in [3.63, 3.8) is 0 Å². The summed E-state index contributed by atoms with van der Waals surface area (Å²) in [5.41, 5.74) is 15.4. The first kappa shape index (κ1) is 25.4. The van der Waals surface area contributed by atoms with Crippen LogP contribution < -0.4 is 16.0 Å². The number of hydrogen-bond acceptors (Lipinski definition) is 4. The Balaban J connectivity index is 1.27. The molecule has 1 amide bonds. The number of nitrogens with one attached hydrogen (secondary N) is 1. The van der Waals surface area contributed by atoms with E-state index in [1.165, 1.54) is 29.4 Å². The molecule has 0 heterocycles. The average Bonchev–Trinajstić information content (AvgIpc) is 2.94. The number of anilines is 2. The number of fused-ring (bicyclic) bond motifs is 2. The quantitative estimate of drug-likeness (QED) is 0.160. The molecule has 0 saturated carbocycles. The second kappa shape index (κ2) is 11.0. The number of carbonyl (C=O) groups is 1. The summed E-state index contributed by atoms with van der Waals surface area (Å²) in [7, 11) is 3.50. The molecule has 7 heteroatoms. The molecule has 0 radical (unpaired) electrons. The van der Waals surface area contributed by atoms with E-state index in [1.807, 2.05) is 67.7 Å². The zero-order chi connectivity index (χ0) is 26.6. The van der Waals surface area contributed by atoms with E-state index in [4.69, 9.17) is 22.2 Å². The molecule has 4 aromatic carbocycles. The smallest absolute Gasteiger partial charge is 0.251 e. The Labute approximate surface area is 227 Å². The van der Waals surface area contributed by atoms with Gasteiger partial charge in [0.05, 0.1) is 0 Å². The maximum atomic E-state index is 13.0. The van der Waals surface area contributed by atoms with Crippen molar-refractivity contribution in [2.24, 2.45) is 10.9 Å². The van der Waals surface area contributed by atoms with Crippen molar-refractivity contribution in [2.75, 3.05) is 19.1 Å². The largest absolute Gasteiger partial charge is 0.397 e. The summed E-state index contributed by atoms with van der Waals surface area (Å²) < 4.78 is 0. The number of carbonyl (C=O) groups excluding carboxylic acids is 1. The Kier molecular flexibility index (Phi) is 7.33. The van der Waals surface area contributed by atoms with E-state index in [1.54, 1.807) is 0 Å². The van der Waals surface area contributed by atoms with Crippen molar-refractivity contribution >= 4 is 34.7 Å². The number of nitrogens with zero attached hydrogens (tertiary/aromatic N) is 2. The Bertz CT molecular complexity index is 1520. The number of nitrogens with two attached hydrogens (primary N) is 1. The van der Waals surface area contributed by atoms with Crippen LogP contribution in [0.3, 0.4) is 0 Å². The first-order chi connectivity index (χ1) is 18.4. The van der Waals surface area contributed by atoms with Crippen LogP contribution >= 0.6 is 11.6 Å². The Hall–Kier alpha value is -4.29. The monoisotopic (exact) mass is 524 g/mol. The number of oxime groups is 1. The summed E-state index contributed by atoms with van der Waals surface area (Å²) in [5, 5.41) is 7.47. The van der Waals surface area contributed by atoms with Crippen molar-refractivity contribution in [3.05, 3.63) is 129 Å². The predicted molar refractivity (Wildman–Crippen MR) is 153 cm³/mol. The Morgan fingerprint density at radius 1 is 0.895 bits per heavy atom. The van der Waals surface area contributed by atoms with Crippen LogP contribution in [-0.4, -0.2) is 25.9 Å². The molecular weight excluding hydrogens is 496 g/mol. The van der Waals surface area contributed by atoms with Gasteiger partial charge in [0, 0.05) is 41.1 Å². The van der Waals surface area contributed by atoms with Crippen LogP contribution in [0, 0.1) is 0 Å². The molecule has 4 aromatic rings. The van der Waals surface area contributed by atoms with E-state index in [0.717, 1.165) is 35.3 Å². The molecule has 0 aromatic heterocycles. The standard InChI is InChI=1S/C31H29ClN4O2/c1-36(28-5-3-4-27(32)18-28)29-13-12-23-14-22-10-11-24(15-25(22)16-26(23)17-29)31(37)34-19-20-6-8-21(9-7-20)30(33)35-38-2/h3-13,15,17-18H,14,16,19H2,1-2H3,(H2,33,35)(H,34,37). The molecule has 5 rings (SSSR count). The zero-order valence-corrected chi connectivity index (χ0v) is 22.1. The SMILES string of the molecule is CO/N=C(\N)c1ccc(CNC(=O)c2ccc3c(c2)Cc2cc(N(C)c4cccc(Cl)c4)ccc2C3)cc1. The minimum atomic E-state index is -0.0995. The van der Waals surface area contributed by atoms with Crippen LogP contribution in [0.1, 0.15) is 43.7 Å². The second-order valence-electron chi connectivity index (χ2n) is 9.37. The molecule has 6 nitrogen and oxygen atoms in total. The van der Waals surface area contributed by atoms with Crippen molar-refractivity contribution < 1.29 is 9.63 Å². The number of hydrogen-bond donors (Lipinski definition) is 2. The highest BCUT2D eigenvalue weighted by Gasteiger charge is 2.19. The molecule has 1 aliphatic carbocycles. The lowest BCUT2D eigenvalue weighted by Crippen LogP contribution is -2.23. The maximum absolute atomic E-state index is 13.0. The summed E-state index contributed by atoms with van der Waals surface area (Å²) in [4.78, 5) is 19.8. The van der Waals surface area contributed by atoms with Gasteiger partial charge in [0.1, 0.15) is 7.11 Å². The molecule has 3 N–H and O–H groups in total. The summed E-state index contributed by atoms with van der Waals surface area (Å²) in [5.74, 6) is 0.208. The van der Waals surface area contributed by atoms with E-state index >= 15 is 0 Å². The highest BCUT2D eigenvalue weighted by atomic mass is 35.5. The normalized spacial score (nSPS) is 12.3. The van der Waals surface area contributed by atoms with Crippen molar-refractivity contribution in [1.82, 2.24) is 5.32 Å². The van der Waals surface area contributed by atoms with Gasteiger partial charge in [0.15, 0.2) is 5.84 Å². The number of amidine groups is 1. The van der Waals surface area contributed by atoms with Crippen molar-refractivity contribution in [1.29, 1.82) is 0 Å². The third kappa shape index (κ3) is 5.50. The molecule has 38 heavy (non-hydrogen) atoms. The Morgan fingerprint density at radius 2 is 1.55 bits per heavy atom. The van der Waals surface area contributed by atoms with Gasteiger partial charge in [-0.15, -0.1) is 0 Å². The summed E-state index contributed by atoms with van der Waals surface area (Å²) in [6, 6.07) is 28.0. The number of benzene rings is 4. The summed E-state index contributed by atoms with van der Waals surface area (Å²) in [6.45, 7) is 0.416. The van der Waals surface area contributed by atoms with E-state index in [9.17, 15) is 4.79 Å². The predicted octanol–water partition coefficient (Wildman–Crippen LogP) is 5.80. The van der Waals surface area contributed by atoms with Gasteiger partial charge in [-0.25, -0.2) is 0 Å². The fraction of sp³-hybridized carbons (Fsp3) is 0.161. The van der Waals surface area contributed by atoms with Gasteiger partial charge in [0.2, 0.25) is 0 Å². The lowest BCUT2D eigenvalue weighted by Gasteiger charge is -2.25. The second-order valence-corrected chi connectivity index (χ2v) is 9.80. The van der Waals surface area contributed by atoms with Crippen LogP contribution in [0.5, 0.6) is 0 Å². The zero-order valence-electron chi connectivity index (χ0n) is 21.4. The fourth-order valence-corrected chi connectivity index (χ4v) is 4.92. The molecule has 0 atom stereocenters. The lowest BCUT2D eigenvalue weighted by atomic mass is 9.85. The number of amides is 1. The van der Waals surface area contributed by atoms with E-state index in [0.29, 0.717) is 23.0 Å². The van der Waals surface area contributed by atoms with E-state index in [2.05, 4.69) is 39.6 Å². The van der Waals surface area contributed by atoms with Crippen LogP contribution in [0.15, 0.2) is 90.1 Å². The highest BCUT2D eigenvalue weighted by Crippen LogP contribution is 2.33. The molecule has 0 aliphatic heterocycles. The van der Waals surface area contributed by atoms with Gasteiger partial charge in [-0.3, -0.25) is 4.79 Å². The number of rotatable bonds is 7. The highest BCUT2D eigenvalue weighted by molar-refractivity contribution is 6.30. The fourth-order valence-electron chi connectivity index (χ4n) is 4.74.